The molecule has 1 aliphatic carbocycles. The zero-order valence-electron chi connectivity index (χ0n) is 15.9. The Bertz CT molecular complexity index is 759. The molecule has 2 fully saturated rings. The number of imidazole rings is 1. The van der Waals surface area contributed by atoms with E-state index in [4.69, 9.17) is 0 Å². The van der Waals surface area contributed by atoms with Gasteiger partial charge in [-0.2, -0.15) is 0 Å². The second kappa shape index (κ2) is 6.90. The number of piperidine rings is 1. The first kappa shape index (κ1) is 17.3. The van der Waals surface area contributed by atoms with E-state index in [1.54, 1.807) is 6.33 Å². The minimum absolute atomic E-state index is 0.0824. The summed E-state index contributed by atoms with van der Waals surface area (Å²) in [6, 6.07) is 10.9. The third-order valence-electron chi connectivity index (χ3n) is 6.45. The van der Waals surface area contributed by atoms with Gasteiger partial charge in [0.15, 0.2) is 0 Å². The molecule has 2 aliphatic rings. The first-order valence-corrected chi connectivity index (χ1v) is 9.86. The molecule has 1 aromatic carbocycles. The number of hydrogen-bond donors (Lipinski definition) is 0. The maximum absolute atomic E-state index is 12.6. The predicted octanol–water partition coefficient (Wildman–Crippen LogP) is 4.25. The number of benzene rings is 1. The molecule has 0 bridgehead atoms. The molecule has 1 saturated carbocycles. The van der Waals surface area contributed by atoms with Gasteiger partial charge < -0.3 is 9.47 Å². The van der Waals surface area contributed by atoms with E-state index in [0.717, 1.165) is 37.8 Å². The van der Waals surface area contributed by atoms with Crippen molar-refractivity contribution in [3.63, 3.8) is 0 Å². The highest BCUT2D eigenvalue weighted by molar-refractivity contribution is 5.92. The number of likely N-dealkylation sites (tertiary alicyclic amines) is 1. The SMILES string of the molecule is Cn1cnc(C(=O)N2CCC(C)(CC[C@@H]3CC3c3ccccc3)CC2)c1. The quantitative estimate of drug-likeness (QED) is 0.808. The van der Waals surface area contributed by atoms with Crippen molar-refractivity contribution in [1.82, 2.24) is 14.5 Å². The highest BCUT2D eigenvalue weighted by Crippen LogP contribution is 2.52. The van der Waals surface area contributed by atoms with Crippen molar-refractivity contribution in [2.45, 2.75) is 44.9 Å². The molecule has 1 aromatic heterocycles. The van der Waals surface area contributed by atoms with Crippen LogP contribution in [0.15, 0.2) is 42.9 Å². The summed E-state index contributed by atoms with van der Waals surface area (Å²) in [6.07, 6.45) is 9.68. The molecule has 2 heterocycles. The van der Waals surface area contributed by atoms with E-state index < -0.39 is 0 Å². The molecule has 4 nitrogen and oxygen atoms in total. The molecule has 1 saturated heterocycles. The summed E-state index contributed by atoms with van der Waals surface area (Å²) in [5.74, 6) is 1.73. The van der Waals surface area contributed by atoms with Crippen molar-refractivity contribution < 1.29 is 4.79 Å². The lowest BCUT2D eigenvalue weighted by Crippen LogP contribution is -2.42. The Balaban J connectivity index is 1.25. The average molecular weight is 351 g/mol. The van der Waals surface area contributed by atoms with Crippen LogP contribution in [-0.2, 0) is 7.05 Å². The van der Waals surface area contributed by atoms with Crippen LogP contribution >= 0.6 is 0 Å². The monoisotopic (exact) mass is 351 g/mol. The molecular weight excluding hydrogens is 322 g/mol. The van der Waals surface area contributed by atoms with Crippen LogP contribution in [0.4, 0.5) is 0 Å². The van der Waals surface area contributed by atoms with Crippen molar-refractivity contribution in [2.24, 2.45) is 18.4 Å². The summed E-state index contributed by atoms with van der Waals surface area (Å²) >= 11 is 0. The van der Waals surface area contributed by atoms with E-state index in [2.05, 4.69) is 42.2 Å². The van der Waals surface area contributed by atoms with Crippen molar-refractivity contribution >= 4 is 5.91 Å². The van der Waals surface area contributed by atoms with Gasteiger partial charge in [-0.1, -0.05) is 37.3 Å². The van der Waals surface area contributed by atoms with Crippen LogP contribution in [0.5, 0.6) is 0 Å². The van der Waals surface area contributed by atoms with Crippen LogP contribution in [0.25, 0.3) is 0 Å². The summed E-state index contributed by atoms with van der Waals surface area (Å²) in [5.41, 5.74) is 2.46. The highest BCUT2D eigenvalue weighted by atomic mass is 16.2. The van der Waals surface area contributed by atoms with Gasteiger partial charge in [-0.15, -0.1) is 0 Å². The lowest BCUT2D eigenvalue weighted by Gasteiger charge is -2.39. The van der Waals surface area contributed by atoms with Crippen molar-refractivity contribution in [1.29, 1.82) is 0 Å². The Hall–Kier alpha value is -2.10. The maximum atomic E-state index is 12.6. The minimum atomic E-state index is 0.0824. The summed E-state index contributed by atoms with van der Waals surface area (Å²) in [4.78, 5) is 18.7. The second-order valence-electron chi connectivity index (χ2n) is 8.58. The topological polar surface area (TPSA) is 38.1 Å². The number of hydrogen-bond acceptors (Lipinski definition) is 2. The van der Waals surface area contributed by atoms with Gasteiger partial charge in [0, 0.05) is 26.3 Å². The third kappa shape index (κ3) is 3.69. The van der Waals surface area contributed by atoms with Gasteiger partial charge in [-0.05, 0) is 54.9 Å². The van der Waals surface area contributed by atoms with Gasteiger partial charge in [0.1, 0.15) is 5.69 Å². The van der Waals surface area contributed by atoms with Crippen LogP contribution in [0.1, 0.15) is 61.0 Å². The Morgan fingerprint density at radius 2 is 1.96 bits per heavy atom. The van der Waals surface area contributed by atoms with Crippen molar-refractivity contribution in [3.05, 3.63) is 54.1 Å². The molecule has 1 unspecified atom stereocenters. The number of aryl methyl sites for hydroxylation is 1. The standard InChI is InChI=1S/C22H29N3O/c1-22(9-8-18-14-19(18)17-6-4-3-5-7-17)10-12-25(13-11-22)21(26)20-15-24(2)16-23-20/h3-7,15-16,18-19H,8-14H2,1-2H3/t18-,19?/m1/s1. The molecule has 1 amide bonds. The van der Waals surface area contributed by atoms with Gasteiger partial charge >= 0.3 is 0 Å². The molecule has 0 spiro atoms. The Morgan fingerprint density at radius 1 is 1.23 bits per heavy atom. The fourth-order valence-corrected chi connectivity index (χ4v) is 4.39. The molecule has 2 atom stereocenters. The molecule has 0 N–H and O–H groups in total. The molecule has 2 aromatic rings. The first-order chi connectivity index (χ1) is 12.5. The van der Waals surface area contributed by atoms with Crippen LogP contribution < -0.4 is 0 Å². The summed E-state index contributed by atoms with van der Waals surface area (Å²) in [6.45, 7) is 4.13. The number of carbonyl (C=O) groups is 1. The number of carbonyl (C=O) groups excluding carboxylic acids is 1. The summed E-state index contributed by atoms with van der Waals surface area (Å²) in [5, 5.41) is 0. The normalized spacial score (nSPS) is 24.5. The Labute approximate surface area is 156 Å². The largest absolute Gasteiger partial charge is 0.340 e. The maximum Gasteiger partial charge on any atom is 0.274 e. The minimum Gasteiger partial charge on any atom is -0.340 e. The fraction of sp³-hybridized carbons (Fsp3) is 0.545. The Kier molecular flexibility index (Phi) is 4.60. The smallest absolute Gasteiger partial charge is 0.274 e. The molecule has 26 heavy (non-hydrogen) atoms. The lowest BCUT2D eigenvalue weighted by molar-refractivity contribution is 0.0581. The molecule has 138 valence electrons. The van der Waals surface area contributed by atoms with E-state index in [1.807, 2.05) is 22.7 Å². The number of rotatable bonds is 5. The van der Waals surface area contributed by atoms with Crippen LogP contribution in [0.3, 0.4) is 0 Å². The van der Waals surface area contributed by atoms with E-state index in [9.17, 15) is 4.79 Å². The predicted molar refractivity (Wildman–Crippen MR) is 103 cm³/mol. The molecular formula is C22H29N3O. The van der Waals surface area contributed by atoms with Gasteiger partial charge in [-0.3, -0.25) is 4.79 Å². The molecule has 0 radical (unpaired) electrons. The van der Waals surface area contributed by atoms with Crippen LogP contribution in [0, 0.1) is 11.3 Å². The van der Waals surface area contributed by atoms with Gasteiger partial charge in [0.25, 0.3) is 5.91 Å². The van der Waals surface area contributed by atoms with Crippen LogP contribution in [-0.4, -0.2) is 33.4 Å². The van der Waals surface area contributed by atoms with E-state index in [0.29, 0.717) is 11.1 Å². The molecule has 4 heteroatoms. The first-order valence-electron chi connectivity index (χ1n) is 9.86. The van der Waals surface area contributed by atoms with Crippen molar-refractivity contribution in [3.8, 4) is 0 Å². The van der Waals surface area contributed by atoms with Gasteiger partial charge in [0.05, 0.1) is 6.33 Å². The highest BCUT2D eigenvalue weighted by Gasteiger charge is 2.40. The summed E-state index contributed by atoms with van der Waals surface area (Å²) in [7, 11) is 1.90. The average Bonchev–Trinajstić information content (AvgIpc) is 3.32. The number of aromatic nitrogens is 2. The van der Waals surface area contributed by atoms with E-state index in [1.165, 1.54) is 24.8 Å². The van der Waals surface area contributed by atoms with E-state index >= 15 is 0 Å². The fourth-order valence-electron chi connectivity index (χ4n) is 4.39. The zero-order valence-corrected chi connectivity index (χ0v) is 15.9. The summed E-state index contributed by atoms with van der Waals surface area (Å²) < 4.78 is 1.83. The van der Waals surface area contributed by atoms with Crippen LogP contribution in [0.2, 0.25) is 0 Å². The molecule has 1 aliphatic heterocycles. The zero-order chi connectivity index (χ0) is 18.1. The number of nitrogens with zero attached hydrogens (tertiary/aromatic N) is 3. The van der Waals surface area contributed by atoms with E-state index in [-0.39, 0.29) is 5.91 Å². The Morgan fingerprint density at radius 3 is 2.62 bits per heavy atom. The van der Waals surface area contributed by atoms with Crippen molar-refractivity contribution in [2.75, 3.05) is 13.1 Å². The van der Waals surface area contributed by atoms with Gasteiger partial charge in [0.2, 0.25) is 0 Å². The lowest BCUT2D eigenvalue weighted by atomic mass is 9.76. The number of amides is 1. The molecule has 4 rings (SSSR count). The third-order valence-corrected chi connectivity index (χ3v) is 6.45. The van der Waals surface area contributed by atoms with Gasteiger partial charge in [-0.25, -0.2) is 4.98 Å². The second-order valence-corrected chi connectivity index (χ2v) is 8.58.